The maximum absolute atomic E-state index is 5.97. The summed E-state index contributed by atoms with van der Waals surface area (Å²) in [7, 11) is 1.69. The van der Waals surface area contributed by atoms with Crippen molar-refractivity contribution in [3.8, 4) is 5.75 Å². The van der Waals surface area contributed by atoms with E-state index in [2.05, 4.69) is 47.2 Å². The molecule has 2 rings (SSSR count). The minimum absolute atomic E-state index is 0.317. The molecule has 118 valence electrons. The lowest BCUT2D eigenvalue weighted by Gasteiger charge is -2.27. The van der Waals surface area contributed by atoms with Crippen molar-refractivity contribution in [1.29, 1.82) is 0 Å². The number of hydrogen-bond donors (Lipinski definition) is 1. The molecule has 0 amide bonds. The number of hydrogen-bond acceptors (Lipinski definition) is 3. The van der Waals surface area contributed by atoms with Crippen LogP contribution in [0.1, 0.15) is 32.3 Å². The maximum atomic E-state index is 5.97. The van der Waals surface area contributed by atoms with E-state index in [1.807, 2.05) is 6.07 Å². The molecule has 1 aromatic rings. The van der Waals surface area contributed by atoms with E-state index in [1.54, 1.807) is 7.11 Å². The first kappa shape index (κ1) is 16.8. The molecule has 0 saturated carbocycles. The van der Waals surface area contributed by atoms with Gasteiger partial charge in [0.15, 0.2) is 0 Å². The summed E-state index contributed by atoms with van der Waals surface area (Å²) in [6.07, 6.45) is 3.61. The second-order valence-electron chi connectivity index (χ2n) is 5.84. The van der Waals surface area contributed by atoms with E-state index in [4.69, 9.17) is 9.47 Å². The molecule has 0 bridgehead atoms. The molecule has 4 heteroatoms. The first-order valence-corrected chi connectivity index (χ1v) is 8.62. The second kappa shape index (κ2) is 8.16. The Labute approximate surface area is 136 Å². The van der Waals surface area contributed by atoms with Crippen LogP contribution in [0.5, 0.6) is 5.75 Å². The van der Waals surface area contributed by atoms with E-state index in [9.17, 15) is 0 Å². The van der Waals surface area contributed by atoms with E-state index < -0.39 is 0 Å². The Morgan fingerprint density at radius 2 is 2.29 bits per heavy atom. The predicted molar refractivity (Wildman–Crippen MR) is 90.0 cm³/mol. The van der Waals surface area contributed by atoms with Crippen LogP contribution < -0.4 is 10.1 Å². The first-order chi connectivity index (χ1) is 10.2. The number of halogens is 1. The third-order valence-electron chi connectivity index (χ3n) is 4.17. The number of rotatable bonds is 7. The van der Waals surface area contributed by atoms with E-state index in [0.29, 0.717) is 18.1 Å². The average molecular weight is 356 g/mol. The molecule has 0 spiro atoms. The van der Waals surface area contributed by atoms with Crippen LogP contribution in [0.3, 0.4) is 0 Å². The molecule has 1 N–H and O–H groups in total. The van der Waals surface area contributed by atoms with Gasteiger partial charge in [0.25, 0.3) is 0 Å². The predicted octanol–water partition coefficient (Wildman–Crippen LogP) is 3.79. The first-order valence-electron chi connectivity index (χ1n) is 7.83. The van der Waals surface area contributed by atoms with Gasteiger partial charge in [0.05, 0.1) is 17.7 Å². The van der Waals surface area contributed by atoms with E-state index in [0.717, 1.165) is 36.2 Å². The highest BCUT2D eigenvalue weighted by molar-refractivity contribution is 9.10. The summed E-state index contributed by atoms with van der Waals surface area (Å²) < 4.78 is 12.3. The van der Waals surface area contributed by atoms with Crippen LogP contribution in [-0.2, 0) is 11.2 Å². The van der Waals surface area contributed by atoms with Crippen molar-refractivity contribution in [1.82, 2.24) is 5.32 Å². The zero-order valence-corrected chi connectivity index (χ0v) is 14.8. The number of nitrogens with one attached hydrogen (secondary N) is 1. The number of benzene rings is 1. The molecule has 1 fully saturated rings. The summed E-state index contributed by atoms with van der Waals surface area (Å²) in [5.74, 6) is 1.50. The fourth-order valence-corrected chi connectivity index (χ4v) is 3.54. The van der Waals surface area contributed by atoms with Crippen LogP contribution in [0.15, 0.2) is 22.7 Å². The molecular formula is C17H26BrNO2. The summed E-state index contributed by atoms with van der Waals surface area (Å²) in [5, 5.41) is 3.67. The largest absolute Gasteiger partial charge is 0.496 e. The van der Waals surface area contributed by atoms with Gasteiger partial charge in [0, 0.05) is 12.6 Å². The van der Waals surface area contributed by atoms with Crippen molar-refractivity contribution in [2.75, 3.05) is 20.3 Å². The Morgan fingerprint density at radius 1 is 1.48 bits per heavy atom. The number of methoxy groups -OCH3 is 1. The smallest absolute Gasteiger partial charge is 0.133 e. The van der Waals surface area contributed by atoms with E-state index in [-0.39, 0.29) is 0 Å². The summed E-state index contributed by atoms with van der Waals surface area (Å²) in [6, 6.07) is 6.70. The second-order valence-corrected chi connectivity index (χ2v) is 6.69. The van der Waals surface area contributed by atoms with Gasteiger partial charge in [-0.25, -0.2) is 0 Å². The van der Waals surface area contributed by atoms with Crippen LogP contribution >= 0.6 is 15.9 Å². The van der Waals surface area contributed by atoms with Crippen LogP contribution in [0, 0.1) is 5.92 Å². The molecule has 3 atom stereocenters. The molecule has 0 aromatic heterocycles. The van der Waals surface area contributed by atoms with Crippen LogP contribution in [0.2, 0.25) is 0 Å². The van der Waals surface area contributed by atoms with Gasteiger partial charge in [0.2, 0.25) is 0 Å². The summed E-state index contributed by atoms with van der Waals surface area (Å²) in [6.45, 7) is 6.42. The van der Waals surface area contributed by atoms with E-state index in [1.165, 1.54) is 12.0 Å². The SMILES string of the molecule is CCCNC(Cc1ccc(OC)c(Br)c1)C1OCCC1C. The van der Waals surface area contributed by atoms with Crippen molar-refractivity contribution in [2.24, 2.45) is 5.92 Å². The zero-order chi connectivity index (χ0) is 15.2. The topological polar surface area (TPSA) is 30.5 Å². The van der Waals surface area contributed by atoms with Crippen LogP contribution in [0.25, 0.3) is 0 Å². The molecule has 21 heavy (non-hydrogen) atoms. The van der Waals surface area contributed by atoms with Gasteiger partial charge >= 0.3 is 0 Å². The highest BCUT2D eigenvalue weighted by atomic mass is 79.9. The van der Waals surface area contributed by atoms with Crippen molar-refractivity contribution in [3.05, 3.63) is 28.2 Å². The minimum Gasteiger partial charge on any atom is -0.496 e. The Bertz CT molecular complexity index is 452. The molecular weight excluding hydrogens is 330 g/mol. The third-order valence-corrected chi connectivity index (χ3v) is 4.79. The average Bonchev–Trinajstić information content (AvgIpc) is 2.90. The summed E-state index contributed by atoms with van der Waals surface area (Å²) >= 11 is 3.57. The zero-order valence-electron chi connectivity index (χ0n) is 13.2. The van der Waals surface area contributed by atoms with Gasteiger partial charge in [-0.05, 0) is 65.4 Å². The lowest BCUT2D eigenvalue weighted by atomic mass is 9.93. The molecule has 3 unspecified atom stereocenters. The van der Waals surface area contributed by atoms with Crippen molar-refractivity contribution >= 4 is 15.9 Å². The summed E-state index contributed by atoms with van der Waals surface area (Å²) in [4.78, 5) is 0. The fourth-order valence-electron chi connectivity index (χ4n) is 2.96. The van der Waals surface area contributed by atoms with Gasteiger partial charge < -0.3 is 14.8 Å². The van der Waals surface area contributed by atoms with Gasteiger partial charge in [-0.15, -0.1) is 0 Å². The highest BCUT2D eigenvalue weighted by Gasteiger charge is 2.31. The molecule has 1 saturated heterocycles. The minimum atomic E-state index is 0.317. The fraction of sp³-hybridized carbons (Fsp3) is 0.647. The van der Waals surface area contributed by atoms with Crippen molar-refractivity contribution in [2.45, 2.75) is 45.3 Å². The lowest BCUT2D eigenvalue weighted by Crippen LogP contribution is -2.44. The van der Waals surface area contributed by atoms with Gasteiger partial charge in [0.1, 0.15) is 5.75 Å². The molecule has 0 aliphatic carbocycles. The molecule has 3 nitrogen and oxygen atoms in total. The Morgan fingerprint density at radius 3 is 2.86 bits per heavy atom. The normalized spacial score (nSPS) is 23.2. The summed E-state index contributed by atoms with van der Waals surface area (Å²) in [5.41, 5.74) is 1.30. The molecule has 0 radical (unpaired) electrons. The highest BCUT2D eigenvalue weighted by Crippen LogP contribution is 2.28. The molecule has 1 aliphatic heterocycles. The quantitative estimate of drug-likeness (QED) is 0.806. The van der Waals surface area contributed by atoms with E-state index >= 15 is 0 Å². The standard InChI is InChI=1S/C17H26BrNO2/c1-4-8-19-15(17-12(2)7-9-21-17)11-13-5-6-16(20-3)14(18)10-13/h5-6,10,12,15,17,19H,4,7-9,11H2,1-3H3. The monoisotopic (exact) mass is 355 g/mol. The Kier molecular flexibility index (Phi) is 6.52. The molecule has 1 aromatic carbocycles. The van der Waals surface area contributed by atoms with Crippen LogP contribution in [0.4, 0.5) is 0 Å². The van der Waals surface area contributed by atoms with Gasteiger partial charge in [-0.2, -0.15) is 0 Å². The maximum Gasteiger partial charge on any atom is 0.133 e. The van der Waals surface area contributed by atoms with Gasteiger partial charge in [-0.1, -0.05) is 19.9 Å². The van der Waals surface area contributed by atoms with Crippen molar-refractivity contribution in [3.63, 3.8) is 0 Å². The molecule has 1 aliphatic rings. The third kappa shape index (κ3) is 4.44. The molecule has 1 heterocycles. The number of ether oxygens (including phenoxy) is 2. The van der Waals surface area contributed by atoms with Crippen molar-refractivity contribution < 1.29 is 9.47 Å². The van der Waals surface area contributed by atoms with Crippen LogP contribution in [-0.4, -0.2) is 32.4 Å². The Hall–Kier alpha value is -0.580. The Balaban J connectivity index is 2.08. The van der Waals surface area contributed by atoms with Gasteiger partial charge in [-0.3, -0.25) is 0 Å². The lowest BCUT2D eigenvalue weighted by molar-refractivity contribution is 0.0610.